The van der Waals surface area contributed by atoms with Crippen molar-refractivity contribution in [2.45, 2.75) is 26.4 Å². The number of rotatable bonds is 0. The second kappa shape index (κ2) is 2.63. The third-order valence-electron chi connectivity index (χ3n) is 2.66. The zero-order valence-corrected chi connectivity index (χ0v) is 8.04. The largest absolute Gasteiger partial charge is 0.338 e. The molecule has 2 rings (SSSR count). The Hall–Kier alpha value is -0.760. The van der Waals surface area contributed by atoms with Gasteiger partial charge in [-0.1, -0.05) is 6.92 Å². The van der Waals surface area contributed by atoms with Crippen LogP contribution in [-0.4, -0.2) is 23.1 Å². The fourth-order valence-electron chi connectivity index (χ4n) is 2.26. The van der Waals surface area contributed by atoms with Crippen molar-refractivity contribution in [3.8, 4) is 0 Å². The molecule has 0 saturated heterocycles. The summed E-state index contributed by atoms with van der Waals surface area (Å²) in [7, 11) is 2.18. The Bertz CT molecular complexity index is 288. The van der Waals surface area contributed by atoms with Crippen molar-refractivity contribution in [2.24, 2.45) is 0 Å². The minimum absolute atomic E-state index is 0.679. The Morgan fingerprint density at radius 1 is 1.50 bits per heavy atom. The van der Waals surface area contributed by atoms with Crippen LogP contribution in [0.4, 0.5) is 0 Å². The van der Waals surface area contributed by atoms with Gasteiger partial charge in [-0.3, -0.25) is 4.90 Å². The smallest absolute Gasteiger partial charge is 0.0745 e. The first-order chi connectivity index (χ1) is 5.68. The third kappa shape index (κ3) is 1.07. The molecule has 1 aromatic rings. The van der Waals surface area contributed by atoms with Crippen LogP contribution in [0.1, 0.15) is 24.1 Å². The average Bonchev–Trinajstić information content (AvgIpc) is 2.31. The summed E-state index contributed by atoms with van der Waals surface area (Å²) in [5.74, 6) is 0.679. The Morgan fingerprint density at radius 3 is 3.00 bits per heavy atom. The minimum Gasteiger partial charge on any atom is -0.338 e. The van der Waals surface area contributed by atoms with Crippen LogP contribution >= 0.6 is 0 Å². The molecule has 0 spiro atoms. The summed E-state index contributed by atoms with van der Waals surface area (Å²) in [6.45, 7) is 6.74. The second-order valence-corrected chi connectivity index (χ2v) is 3.93. The average molecular weight is 164 g/mol. The van der Waals surface area contributed by atoms with Crippen LogP contribution < -0.4 is 0 Å². The Morgan fingerprint density at radius 2 is 2.25 bits per heavy atom. The van der Waals surface area contributed by atoms with Crippen LogP contribution in [0.15, 0.2) is 12.3 Å². The van der Waals surface area contributed by atoms with Gasteiger partial charge in [-0.15, -0.1) is 0 Å². The van der Waals surface area contributed by atoms with E-state index < -0.39 is 0 Å². The zero-order chi connectivity index (χ0) is 8.72. The fraction of sp³-hybridized carbons (Fsp3) is 0.600. The third-order valence-corrected chi connectivity index (χ3v) is 2.66. The quantitative estimate of drug-likeness (QED) is 0.567. The molecule has 0 radical (unpaired) electrons. The highest BCUT2D eigenvalue weighted by Crippen LogP contribution is 2.25. The van der Waals surface area contributed by atoms with E-state index in [0.717, 1.165) is 6.67 Å². The lowest BCUT2D eigenvalue weighted by Gasteiger charge is -2.30. The molecule has 0 saturated carbocycles. The Kier molecular flexibility index (Phi) is 1.72. The molecule has 0 N–H and O–H groups in total. The highest BCUT2D eigenvalue weighted by Gasteiger charge is 2.20. The lowest BCUT2D eigenvalue weighted by atomic mass is 10.0. The van der Waals surface area contributed by atoms with Crippen LogP contribution in [0.3, 0.4) is 0 Å². The SMILES string of the molecule is Cc1ccn2c1C(C)CN(C)C2. The molecule has 0 aliphatic carbocycles. The highest BCUT2D eigenvalue weighted by molar-refractivity contribution is 5.25. The van der Waals surface area contributed by atoms with Crippen LogP contribution in [0.25, 0.3) is 0 Å². The molecule has 2 heteroatoms. The molecule has 0 amide bonds. The first kappa shape index (κ1) is 7.87. The minimum atomic E-state index is 0.679. The monoisotopic (exact) mass is 164 g/mol. The maximum atomic E-state index is 2.36. The molecular weight excluding hydrogens is 148 g/mol. The number of fused-ring (bicyclic) bond motifs is 1. The second-order valence-electron chi connectivity index (χ2n) is 3.93. The number of likely N-dealkylation sites (N-methyl/N-ethyl adjacent to an activating group) is 1. The van der Waals surface area contributed by atoms with Gasteiger partial charge in [-0.05, 0) is 25.6 Å². The van der Waals surface area contributed by atoms with Crippen molar-refractivity contribution in [1.29, 1.82) is 0 Å². The fourth-order valence-corrected chi connectivity index (χ4v) is 2.26. The van der Waals surface area contributed by atoms with Gasteiger partial charge in [-0.25, -0.2) is 0 Å². The van der Waals surface area contributed by atoms with Crippen molar-refractivity contribution < 1.29 is 0 Å². The normalized spacial score (nSPS) is 24.1. The molecule has 1 unspecified atom stereocenters. The summed E-state index contributed by atoms with van der Waals surface area (Å²) in [6.07, 6.45) is 2.19. The summed E-state index contributed by atoms with van der Waals surface area (Å²) in [4.78, 5) is 2.36. The van der Waals surface area contributed by atoms with E-state index in [-0.39, 0.29) is 0 Å². The van der Waals surface area contributed by atoms with Gasteiger partial charge in [-0.2, -0.15) is 0 Å². The Labute approximate surface area is 73.8 Å². The van der Waals surface area contributed by atoms with Crippen LogP contribution in [0, 0.1) is 6.92 Å². The molecule has 0 aromatic carbocycles. The predicted octanol–water partition coefficient (Wildman–Crippen LogP) is 1.80. The van der Waals surface area contributed by atoms with E-state index in [4.69, 9.17) is 0 Å². The van der Waals surface area contributed by atoms with Crippen LogP contribution in [0.5, 0.6) is 0 Å². The van der Waals surface area contributed by atoms with Gasteiger partial charge in [0, 0.05) is 24.4 Å². The Balaban J connectivity index is 2.43. The molecule has 0 fully saturated rings. The van der Waals surface area contributed by atoms with E-state index in [2.05, 4.69) is 42.6 Å². The van der Waals surface area contributed by atoms with Gasteiger partial charge in [0.2, 0.25) is 0 Å². The first-order valence-corrected chi connectivity index (χ1v) is 4.52. The summed E-state index contributed by atoms with van der Waals surface area (Å²) in [5.41, 5.74) is 2.96. The van der Waals surface area contributed by atoms with Crippen molar-refractivity contribution in [2.75, 3.05) is 13.6 Å². The molecule has 1 aromatic heterocycles. The van der Waals surface area contributed by atoms with E-state index in [1.807, 2.05) is 0 Å². The molecule has 12 heavy (non-hydrogen) atoms. The molecular formula is C10H16N2. The number of hydrogen-bond donors (Lipinski definition) is 0. The molecule has 1 atom stereocenters. The number of nitrogens with zero attached hydrogens (tertiary/aromatic N) is 2. The maximum absolute atomic E-state index is 2.36. The van der Waals surface area contributed by atoms with Gasteiger partial charge in [0.05, 0.1) is 6.67 Å². The lowest BCUT2D eigenvalue weighted by Crippen LogP contribution is -2.33. The molecule has 1 aliphatic heterocycles. The van der Waals surface area contributed by atoms with Gasteiger partial charge < -0.3 is 4.57 Å². The first-order valence-electron chi connectivity index (χ1n) is 4.52. The molecule has 66 valence electrons. The van der Waals surface area contributed by atoms with Gasteiger partial charge in [0.25, 0.3) is 0 Å². The lowest BCUT2D eigenvalue weighted by molar-refractivity contribution is 0.218. The van der Waals surface area contributed by atoms with E-state index in [1.54, 1.807) is 0 Å². The number of aryl methyl sites for hydroxylation is 1. The zero-order valence-electron chi connectivity index (χ0n) is 8.04. The number of aromatic nitrogens is 1. The topological polar surface area (TPSA) is 8.17 Å². The van der Waals surface area contributed by atoms with Crippen molar-refractivity contribution in [3.63, 3.8) is 0 Å². The van der Waals surface area contributed by atoms with E-state index in [1.165, 1.54) is 17.8 Å². The summed E-state index contributed by atoms with van der Waals surface area (Å²) >= 11 is 0. The molecule has 2 heterocycles. The van der Waals surface area contributed by atoms with E-state index in [9.17, 15) is 0 Å². The van der Waals surface area contributed by atoms with Crippen LogP contribution in [-0.2, 0) is 6.67 Å². The summed E-state index contributed by atoms with van der Waals surface area (Å²) < 4.78 is 2.35. The van der Waals surface area contributed by atoms with Gasteiger partial charge >= 0.3 is 0 Å². The van der Waals surface area contributed by atoms with Gasteiger partial charge in [0.1, 0.15) is 0 Å². The highest BCUT2D eigenvalue weighted by atomic mass is 15.3. The maximum Gasteiger partial charge on any atom is 0.0745 e. The van der Waals surface area contributed by atoms with Gasteiger partial charge in [0.15, 0.2) is 0 Å². The summed E-state index contributed by atoms with van der Waals surface area (Å²) in [6, 6.07) is 2.21. The molecule has 0 bridgehead atoms. The molecule has 2 nitrogen and oxygen atoms in total. The standard InChI is InChI=1S/C10H16N2/c1-8-4-5-12-7-11(3)6-9(2)10(8)12/h4-5,9H,6-7H2,1-3H3. The van der Waals surface area contributed by atoms with Crippen molar-refractivity contribution >= 4 is 0 Å². The van der Waals surface area contributed by atoms with Crippen LogP contribution in [0.2, 0.25) is 0 Å². The predicted molar refractivity (Wildman–Crippen MR) is 50.2 cm³/mol. The van der Waals surface area contributed by atoms with E-state index >= 15 is 0 Å². The van der Waals surface area contributed by atoms with Crippen molar-refractivity contribution in [1.82, 2.24) is 9.47 Å². The number of hydrogen-bond acceptors (Lipinski definition) is 1. The molecule has 1 aliphatic rings. The summed E-state index contributed by atoms with van der Waals surface area (Å²) in [5, 5.41) is 0. The van der Waals surface area contributed by atoms with E-state index in [0.29, 0.717) is 5.92 Å². The van der Waals surface area contributed by atoms with Crippen molar-refractivity contribution in [3.05, 3.63) is 23.5 Å².